The largest absolute Gasteiger partial charge is 0.375 e. The molecule has 12 heavy (non-hydrogen) atoms. The van der Waals surface area contributed by atoms with Crippen LogP contribution in [0.3, 0.4) is 0 Å². The summed E-state index contributed by atoms with van der Waals surface area (Å²) in [5.41, 5.74) is 0. The Kier molecular flexibility index (Phi) is 3.78. The summed E-state index contributed by atoms with van der Waals surface area (Å²) < 4.78 is 5.32. The molecule has 0 amide bonds. The molecule has 0 bridgehead atoms. The Labute approximate surface area is 76.4 Å². The van der Waals surface area contributed by atoms with Gasteiger partial charge in [-0.05, 0) is 18.4 Å². The molecular formula is C9H11NOS. The van der Waals surface area contributed by atoms with Crippen LogP contribution in [0.2, 0.25) is 0 Å². The highest BCUT2D eigenvalue weighted by Crippen LogP contribution is 2.09. The van der Waals surface area contributed by atoms with Gasteiger partial charge in [-0.3, -0.25) is 0 Å². The monoisotopic (exact) mass is 181 g/mol. The smallest absolute Gasteiger partial charge is 0.0809 e. The zero-order chi connectivity index (χ0) is 8.81. The van der Waals surface area contributed by atoms with Crippen molar-refractivity contribution in [3.8, 4) is 6.07 Å². The van der Waals surface area contributed by atoms with Crippen LogP contribution in [-0.4, -0.2) is 6.61 Å². The van der Waals surface area contributed by atoms with Crippen LogP contribution >= 0.6 is 11.3 Å². The lowest BCUT2D eigenvalue weighted by Crippen LogP contribution is -2.02. The zero-order valence-electron chi connectivity index (χ0n) is 6.99. The van der Waals surface area contributed by atoms with Gasteiger partial charge in [-0.25, -0.2) is 0 Å². The molecule has 0 radical (unpaired) electrons. The van der Waals surface area contributed by atoms with Gasteiger partial charge < -0.3 is 4.74 Å². The van der Waals surface area contributed by atoms with E-state index in [1.54, 1.807) is 11.3 Å². The van der Waals surface area contributed by atoms with Crippen LogP contribution in [0, 0.1) is 17.2 Å². The van der Waals surface area contributed by atoms with Crippen LogP contribution in [0.5, 0.6) is 0 Å². The second kappa shape index (κ2) is 4.91. The minimum atomic E-state index is -0.00929. The minimum absolute atomic E-state index is 0.00929. The number of nitriles is 1. The van der Waals surface area contributed by atoms with Crippen LogP contribution < -0.4 is 0 Å². The molecule has 1 atom stereocenters. The maximum atomic E-state index is 8.46. The van der Waals surface area contributed by atoms with Crippen molar-refractivity contribution < 1.29 is 4.74 Å². The van der Waals surface area contributed by atoms with Crippen LogP contribution in [-0.2, 0) is 11.3 Å². The van der Waals surface area contributed by atoms with E-state index in [0.717, 1.165) is 0 Å². The molecule has 0 spiro atoms. The maximum absolute atomic E-state index is 8.46. The molecular weight excluding hydrogens is 170 g/mol. The molecule has 0 saturated heterocycles. The van der Waals surface area contributed by atoms with Crippen molar-refractivity contribution in [3.05, 3.63) is 22.4 Å². The number of rotatable bonds is 4. The van der Waals surface area contributed by atoms with Crippen molar-refractivity contribution in [1.29, 1.82) is 5.26 Å². The zero-order valence-corrected chi connectivity index (χ0v) is 7.80. The van der Waals surface area contributed by atoms with Gasteiger partial charge >= 0.3 is 0 Å². The molecule has 0 aromatic carbocycles. The van der Waals surface area contributed by atoms with Gasteiger partial charge in [0.2, 0.25) is 0 Å². The third-order valence-corrected chi connectivity index (χ3v) is 2.26. The number of hydrogen-bond donors (Lipinski definition) is 0. The summed E-state index contributed by atoms with van der Waals surface area (Å²) in [5.74, 6) is -0.00929. The Morgan fingerprint density at radius 3 is 3.17 bits per heavy atom. The highest BCUT2D eigenvalue weighted by atomic mass is 32.1. The number of thiophene rings is 1. The summed E-state index contributed by atoms with van der Waals surface area (Å²) >= 11 is 1.67. The van der Waals surface area contributed by atoms with E-state index in [2.05, 4.69) is 6.07 Å². The Hall–Kier alpha value is -0.850. The summed E-state index contributed by atoms with van der Waals surface area (Å²) in [7, 11) is 0. The SMILES string of the molecule is CC(C#N)COCc1cccs1. The van der Waals surface area contributed by atoms with Gasteiger partial charge in [-0.2, -0.15) is 5.26 Å². The van der Waals surface area contributed by atoms with E-state index in [4.69, 9.17) is 10.00 Å². The molecule has 1 aromatic rings. The predicted molar refractivity (Wildman–Crippen MR) is 48.8 cm³/mol. The van der Waals surface area contributed by atoms with Crippen molar-refractivity contribution in [1.82, 2.24) is 0 Å². The van der Waals surface area contributed by atoms with Crippen LogP contribution in [0.25, 0.3) is 0 Å². The van der Waals surface area contributed by atoms with E-state index in [-0.39, 0.29) is 5.92 Å². The Balaban J connectivity index is 2.16. The van der Waals surface area contributed by atoms with Crippen molar-refractivity contribution in [3.63, 3.8) is 0 Å². The molecule has 64 valence electrons. The molecule has 0 aliphatic heterocycles. The Morgan fingerprint density at radius 1 is 1.75 bits per heavy atom. The summed E-state index contributed by atoms with van der Waals surface area (Å²) in [6, 6.07) is 6.15. The first kappa shape index (κ1) is 9.24. The van der Waals surface area contributed by atoms with E-state index in [1.807, 2.05) is 24.4 Å². The molecule has 1 heterocycles. The topological polar surface area (TPSA) is 33.0 Å². The molecule has 3 heteroatoms. The van der Waals surface area contributed by atoms with Crippen molar-refractivity contribution in [2.45, 2.75) is 13.5 Å². The molecule has 1 aromatic heterocycles. The lowest BCUT2D eigenvalue weighted by atomic mass is 10.2. The second-order valence-electron chi connectivity index (χ2n) is 2.62. The standard InChI is InChI=1S/C9H11NOS/c1-8(5-10)6-11-7-9-3-2-4-12-9/h2-4,8H,6-7H2,1H3. The van der Waals surface area contributed by atoms with Gasteiger partial charge in [0, 0.05) is 4.88 Å². The first-order chi connectivity index (χ1) is 5.83. The Bertz CT molecular complexity index is 250. The van der Waals surface area contributed by atoms with E-state index < -0.39 is 0 Å². The van der Waals surface area contributed by atoms with E-state index in [0.29, 0.717) is 13.2 Å². The van der Waals surface area contributed by atoms with Crippen molar-refractivity contribution in [2.24, 2.45) is 5.92 Å². The Morgan fingerprint density at radius 2 is 2.58 bits per heavy atom. The van der Waals surface area contributed by atoms with Gasteiger partial charge in [-0.15, -0.1) is 11.3 Å². The summed E-state index contributed by atoms with van der Waals surface area (Å²) in [6.07, 6.45) is 0. The van der Waals surface area contributed by atoms with Gasteiger partial charge in [0.1, 0.15) is 0 Å². The normalized spacial score (nSPS) is 12.3. The quantitative estimate of drug-likeness (QED) is 0.714. The highest BCUT2D eigenvalue weighted by Gasteiger charge is 1.99. The van der Waals surface area contributed by atoms with Crippen LogP contribution in [0.15, 0.2) is 17.5 Å². The maximum Gasteiger partial charge on any atom is 0.0809 e. The van der Waals surface area contributed by atoms with Gasteiger partial charge in [0.25, 0.3) is 0 Å². The third-order valence-electron chi connectivity index (χ3n) is 1.41. The minimum Gasteiger partial charge on any atom is -0.375 e. The highest BCUT2D eigenvalue weighted by molar-refractivity contribution is 7.09. The molecule has 0 fully saturated rings. The number of hydrogen-bond acceptors (Lipinski definition) is 3. The molecule has 0 saturated carbocycles. The van der Waals surface area contributed by atoms with Crippen LogP contribution in [0.1, 0.15) is 11.8 Å². The average Bonchev–Trinajstić information content (AvgIpc) is 2.57. The van der Waals surface area contributed by atoms with Crippen LogP contribution in [0.4, 0.5) is 0 Å². The molecule has 1 unspecified atom stereocenters. The fraction of sp³-hybridized carbons (Fsp3) is 0.444. The summed E-state index contributed by atoms with van der Waals surface area (Å²) in [5, 5.41) is 10.5. The van der Waals surface area contributed by atoms with Gasteiger partial charge in [0.05, 0.1) is 25.2 Å². The second-order valence-corrected chi connectivity index (χ2v) is 3.66. The molecule has 0 aliphatic carbocycles. The first-order valence-corrected chi connectivity index (χ1v) is 4.70. The molecule has 0 aliphatic rings. The third kappa shape index (κ3) is 3.04. The van der Waals surface area contributed by atoms with E-state index >= 15 is 0 Å². The van der Waals surface area contributed by atoms with E-state index in [9.17, 15) is 0 Å². The van der Waals surface area contributed by atoms with Gasteiger partial charge in [-0.1, -0.05) is 6.07 Å². The van der Waals surface area contributed by atoms with Crippen molar-refractivity contribution >= 4 is 11.3 Å². The predicted octanol–water partition coefficient (Wildman–Crippen LogP) is 2.42. The molecule has 0 N–H and O–H groups in total. The number of nitrogens with zero attached hydrogens (tertiary/aromatic N) is 1. The fourth-order valence-electron chi connectivity index (χ4n) is 0.768. The molecule has 2 nitrogen and oxygen atoms in total. The average molecular weight is 181 g/mol. The summed E-state index contributed by atoms with van der Waals surface area (Å²) in [4.78, 5) is 1.21. The lowest BCUT2D eigenvalue weighted by molar-refractivity contribution is 0.107. The molecule has 1 rings (SSSR count). The fourth-order valence-corrected chi connectivity index (χ4v) is 1.41. The lowest BCUT2D eigenvalue weighted by Gasteiger charge is -2.02. The van der Waals surface area contributed by atoms with E-state index in [1.165, 1.54) is 4.88 Å². The van der Waals surface area contributed by atoms with Gasteiger partial charge in [0.15, 0.2) is 0 Å². The summed E-state index contributed by atoms with van der Waals surface area (Å²) in [6.45, 7) is 3.01. The number of ether oxygens (including phenoxy) is 1. The van der Waals surface area contributed by atoms with Crippen molar-refractivity contribution in [2.75, 3.05) is 6.61 Å². The first-order valence-electron chi connectivity index (χ1n) is 3.82.